The number of benzene rings is 1. The van der Waals surface area contributed by atoms with Gasteiger partial charge in [0.2, 0.25) is 11.8 Å². The Labute approximate surface area is 163 Å². The van der Waals surface area contributed by atoms with E-state index in [-0.39, 0.29) is 17.9 Å². The van der Waals surface area contributed by atoms with Gasteiger partial charge in [-0.25, -0.2) is 4.79 Å². The van der Waals surface area contributed by atoms with Crippen LogP contribution in [0.4, 0.5) is 4.79 Å². The van der Waals surface area contributed by atoms with Crippen LogP contribution < -0.4 is 0 Å². The summed E-state index contributed by atoms with van der Waals surface area (Å²) in [4.78, 5) is 13.8. The monoisotopic (exact) mass is 393 g/mol. The van der Waals surface area contributed by atoms with E-state index in [2.05, 4.69) is 10.2 Å². The maximum Gasteiger partial charge on any atom is 0.410 e. The van der Waals surface area contributed by atoms with Gasteiger partial charge in [0, 0.05) is 23.7 Å². The zero-order valence-corrected chi connectivity index (χ0v) is 16.4. The van der Waals surface area contributed by atoms with Gasteiger partial charge in [-0.1, -0.05) is 17.7 Å². The first-order valence-corrected chi connectivity index (χ1v) is 9.36. The minimum Gasteiger partial charge on any atom is -0.444 e. The topological polar surface area (TPSA) is 88.7 Å². The molecule has 1 saturated heterocycles. The number of likely N-dealkylation sites (tertiary alicyclic amines) is 1. The summed E-state index contributed by atoms with van der Waals surface area (Å²) in [6.07, 6.45) is 0.0765. The van der Waals surface area contributed by atoms with E-state index in [9.17, 15) is 9.90 Å². The molecule has 146 valence electrons. The Balaban J connectivity index is 1.60. The Morgan fingerprint density at radius 1 is 1.33 bits per heavy atom. The van der Waals surface area contributed by atoms with Gasteiger partial charge in [-0.05, 0) is 57.7 Å². The lowest BCUT2D eigenvalue weighted by Gasteiger charge is -2.34. The van der Waals surface area contributed by atoms with Crippen molar-refractivity contribution >= 4 is 17.7 Å². The van der Waals surface area contributed by atoms with Gasteiger partial charge in [0.25, 0.3) is 0 Å². The third-order valence-electron chi connectivity index (χ3n) is 4.40. The predicted molar refractivity (Wildman–Crippen MR) is 100 cm³/mol. The SMILES string of the molecule is CC(C)(C)OC(=O)N1CCC(C(O)c2nnc(-c3cccc(Cl)c3)o2)CC1. The Morgan fingerprint density at radius 3 is 2.67 bits per heavy atom. The van der Waals surface area contributed by atoms with Crippen LogP contribution in [-0.2, 0) is 4.74 Å². The first kappa shape index (κ1) is 19.6. The van der Waals surface area contributed by atoms with Crippen LogP contribution in [0.3, 0.4) is 0 Å². The minimum absolute atomic E-state index is 0.0589. The smallest absolute Gasteiger partial charge is 0.410 e. The highest BCUT2D eigenvalue weighted by Gasteiger charge is 2.32. The predicted octanol–water partition coefficient (Wildman–Crippen LogP) is 4.07. The van der Waals surface area contributed by atoms with Gasteiger partial charge in [0.15, 0.2) is 0 Å². The number of aliphatic hydroxyl groups excluding tert-OH is 1. The summed E-state index contributed by atoms with van der Waals surface area (Å²) >= 11 is 5.98. The van der Waals surface area contributed by atoms with Gasteiger partial charge in [0.1, 0.15) is 11.7 Å². The largest absolute Gasteiger partial charge is 0.444 e. The van der Waals surface area contributed by atoms with Crippen LogP contribution in [-0.4, -0.2) is 45.0 Å². The molecular formula is C19H24ClN3O4. The van der Waals surface area contributed by atoms with Crippen molar-refractivity contribution in [1.29, 1.82) is 0 Å². The summed E-state index contributed by atoms with van der Waals surface area (Å²) in [6.45, 7) is 6.56. The van der Waals surface area contributed by atoms with Gasteiger partial charge < -0.3 is 19.2 Å². The second-order valence-corrected chi connectivity index (χ2v) is 8.14. The van der Waals surface area contributed by atoms with Crippen LogP contribution in [0.5, 0.6) is 0 Å². The average Bonchev–Trinajstić information content (AvgIpc) is 3.10. The van der Waals surface area contributed by atoms with E-state index in [4.69, 9.17) is 20.8 Å². The second kappa shape index (κ2) is 7.86. The first-order valence-electron chi connectivity index (χ1n) is 8.98. The number of carbonyl (C=O) groups excluding carboxylic acids is 1. The molecule has 1 aliphatic rings. The quantitative estimate of drug-likeness (QED) is 0.845. The molecule has 1 amide bonds. The number of piperidine rings is 1. The van der Waals surface area contributed by atoms with Crippen molar-refractivity contribution in [2.45, 2.75) is 45.3 Å². The van der Waals surface area contributed by atoms with Crippen LogP contribution >= 0.6 is 11.6 Å². The molecule has 2 heterocycles. The summed E-state index contributed by atoms with van der Waals surface area (Å²) in [5.41, 5.74) is 0.182. The number of ether oxygens (including phenoxy) is 1. The van der Waals surface area contributed by atoms with Gasteiger partial charge in [-0.15, -0.1) is 10.2 Å². The van der Waals surface area contributed by atoms with Crippen LogP contribution in [0.15, 0.2) is 28.7 Å². The van der Waals surface area contributed by atoms with E-state index in [1.54, 1.807) is 23.1 Å². The number of halogens is 1. The lowest BCUT2D eigenvalue weighted by molar-refractivity contribution is 0.00381. The molecule has 7 nitrogen and oxygen atoms in total. The maximum atomic E-state index is 12.1. The number of carbonyl (C=O) groups is 1. The highest BCUT2D eigenvalue weighted by molar-refractivity contribution is 6.30. The second-order valence-electron chi connectivity index (χ2n) is 7.71. The summed E-state index contributed by atoms with van der Waals surface area (Å²) in [5.74, 6) is 0.440. The molecule has 0 spiro atoms. The Kier molecular flexibility index (Phi) is 5.72. The zero-order chi connectivity index (χ0) is 19.6. The van der Waals surface area contributed by atoms with Crippen LogP contribution in [0, 0.1) is 5.92 Å². The number of rotatable bonds is 3. The molecule has 0 aliphatic carbocycles. The molecule has 2 aromatic rings. The molecule has 1 atom stereocenters. The molecule has 3 rings (SSSR count). The third kappa shape index (κ3) is 4.99. The lowest BCUT2D eigenvalue weighted by Crippen LogP contribution is -2.42. The fraction of sp³-hybridized carbons (Fsp3) is 0.526. The average molecular weight is 394 g/mol. The highest BCUT2D eigenvalue weighted by atomic mass is 35.5. The van der Waals surface area contributed by atoms with Crippen molar-refractivity contribution in [3.05, 3.63) is 35.2 Å². The zero-order valence-electron chi connectivity index (χ0n) is 15.7. The van der Waals surface area contributed by atoms with Crippen molar-refractivity contribution < 1.29 is 19.1 Å². The van der Waals surface area contributed by atoms with Crippen molar-refractivity contribution in [3.63, 3.8) is 0 Å². The number of amides is 1. The van der Waals surface area contributed by atoms with Gasteiger partial charge >= 0.3 is 6.09 Å². The molecule has 1 unspecified atom stereocenters. The number of aliphatic hydroxyl groups is 1. The fourth-order valence-electron chi connectivity index (χ4n) is 3.02. The molecule has 27 heavy (non-hydrogen) atoms. The molecular weight excluding hydrogens is 370 g/mol. The molecule has 1 aliphatic heterocycles. The van der Waals surface area contributed by atoms with E-state index < -0.39 is 11.7 Å². The van der Waals surface area contributed by atoms with Gasteiger partial charge in [0.05, 0.1) is 0 Å². The van der Waals surface area contributed by atoms with E-state index >= 15 is 0 Å². The molecule has 0 saturated carbocycles. The van der Waals surface area contributed by atoms with E-state index in [0.29, 0.717) is 42.4 Å². The van der Waals surface area contributed by atoms with Crippen LogP contribution in [0.2, 0.25) is 5.02 Å². The van der Waals surface area contributed by atoms with E-state index in [1.165, 1.54) is 0 Å². The van der Waals surface area contributed by atoms with Gasteiger partial charge in [-0.3, -0.25) is 0 Å². The Hall–Kier alpha value is -2.12. The number of hydrogen-bond acceptors (Lipinski definition) is 6. The summed E-state index contributed by atoms with van der Waals surface area (Å²) in [7, 11) is 0. The molecule has 1 fully saturated rings. The molecule has 1 aromatic carbocycles. The number of hydrogen-bond donors (Lipinski definition) is 1. The number of nitrogens with zero attached hydrogens (tertiary/aromatic N) is 3. The first-order chi connectivity index (χ1) is 12.7. The molecule has 0 bridgehead atoms. The van der Waals surface area contributed by atoms with Crippen LogP contribution in [0.1, 0.15) is 45.6 Å². The fourth-order valence-corrected chi connectivity index (χ4v) is 3.21. The van der Waals surface area contributed by atoms with Crippen molar-refractivity contribution in [3.8, 4) is 11.5 Å². The molecule has 0 radical (unpaired) electrons. The van der Waals surface area contributed by atoms with Crippen molar-refractivity contribution in [2.24, 2.45) is 5.92 Å². The Bertz CT molecular complexity index is 794. The molecule has 1 aromatic heterocycles. The summed E-state index contributed by atoms with van der Waals surface area (Å²) in [5, 5.41) is 19.2. The number of aromatic nitrogens is 2. The normalized spacial score (nSPS) is 17.0. The Morgan fingerprint density at radius 2 is 2.04 bits per heavy atom. The minimum atomic E-state index is -0.869. The van der Waals surface area contributed by atoms with Crippen molar-refractivity contribution in [1.82, 2.24) is 15.1 Å². The van der Waals surface area contributed by atoms with Crippen LogP contribution in [0.25, 0.3) is 11.5 Å². The summed E-state index contributed by atoms with van der Waals surface area (Å²) in [6, 6.07) is 7.10. The highest BCUT2D eigenvalue weighted by Crippen LogP contribution is 2.32. The summed E-state index contributed by atoms with van der Waals surface area (Å²) < 4.78 is 11.0. The standard InChI is InChI=1S/C19H24ClN3O4/c1-19(2,3)27-18(25)23-9-7-12(8-10-23)15(24)17-22-21-16(26-17)13-5-4-6-14(20)11-13/h4-6,11-12,15,24H,7-10H2,1-3H3. The van der Waals surface area contributed by atoms with Gasteiger partial charge in [-0.2, -0.15) is 0 Å². The molecule has 8 heteroatoms. The van der Waals surface area contributed by atoms with E-state index in [1.807, 2.05) is 26.8 Å². The van der Waals surface area contributed by atoms with Crippen molar-refractivity contribution in [2.75, 3.05) is 13.1 Å². The van der Waals surface area contributed by atoms with E-state index in [0.717, 1.165) is 0 Å². The third-order valence-corrected chi connectivity index (χ3v) is 4.64. The molecule has 1 N–H and O–H groups in total. The maximum absolute atomic E-state index is 12.1. The lowest BCUT2D eigenvalue weighted by atomic mass is 9.91.